The Hall–Kier alpha value is -2.98. The molecule has 0 saturated carbocycles. The van der Waals surface area contributed by atoms with Gasteiger partial charge in [-0.25, -0.2) is 9.78 Å². The Morgan fingerprint density at radius 3 is 2.17 bits per heavy atom. The number of piperazine rings is 1. The summed E-state index contributed by atoms with van der Waals surface area (Å²) in [5.74, 6) is -1.45. The number of carbonyl (C=O) groups excluding carboxylic acids is 3. The molecule has 3 rings (SSSR count). The van der Waals surface area contributed by atoms with Crippen molar-refractivity contribution >= 4 is 37.1 Å². The van der Waals surface area contributed by atoms with Crippen LogP contribution in [0.15, 0.2) is 42.5 Å². The zero-order chi connectivity index (χ0) is 30.0. The van der Waals surface area contributed by atoms with Crippen molar-refractivity contribution in [3.8, 4) is 11.1 Å². The number of hydrogen-bond donors (Lipinski definition) is 1. The van der Waals surface area contributed by atoms with Gasteiger partial charge in [-0.3, -0.25) is 14.2 Å². The Bertz CT molecular complexity index is 1250. The van der Waals surface area contributed by atoms with E-state index in [0.29, 0.717) is 12.2 Å². The van der Waals surface area contributed by atoms with Gasteiger partial charge in [-0.2, -0.15) is 0 Å². The lowest BCUT2D eigenvalue weighted by atomic mass is 10.1. The molecule has 1 saturated heterocycles. The van der Waals surface area contributed by atoms with E-state index in [1.165, 1.54) is 22.8 Å². The molecule has 0 bridgehead atoms. The molecule has 1 aliphatic rings. The number of carbonyl (C=O) groups is 3. The summed E-state index contributed by atoms with van der Waals surface area (Å²) in [5, 5.41) is 0.595. The predicted octanol–water partition coefficient (Wildman–Crippen LogP) is 5.20. The minimum absolute atomic E-state index is 0.0268. The Balaban J connectivity index is 1.88. The molecule has 0 unspecified atom stereocenters. The number of nitrogens with one attached hydrogen (secondary N) is 1. The highest BCUT2D eigenvalue weighted by atomic mass is 35.5. The molecule has 11 nitrogen and oxygen atoms in total. The zero-order valence-electron chi connectivity index (χ0n) is 23.9. The number of rotatable bonds is 12. The van der Waals surface area contributed by atoms with Crippen LogP contribution in [0.25, 0.3) is 11.1 Å². The van der Waals surface area contributed by atoms with E-state index in [1.807, 2.05) is 37.3 Å². The van der Waals surface area contributed by atoms with Crippen molar-refractivity contribution in [2.45, 2.75) is 45.8 Å². The van der Waals surface area contributed by atoms with Crippen LogP contribution in [0.3, 0.4) is 0 Å². The van der Waals surface area contributed by atoms with Gasteiger partial charge in [-0.1, -0.05) is 55.3 Å². The summed E-state index contributed by atoms with van der Waals surface area (Å²) < 4.78 is 30.5. The van der Waals surface area contributed by atoms with Gasteiger partial charge in [-0.15, -0.1) is 0 Å². The van der Waals surface area contributed by atoms with Crippen LogP contribution in [-0.4, -0.2) is 84.0 Å². The van der Waals surface area contributed by atoms with Crippen molar-refractivity contribution in [3.05, 3.63) is 53.3 Å². The lowest BCUT2D eigenvalue weighted by molar-refractivity contribution is -0.136. The normalized spacial score (nSPS) is 15.2. The maximum Gasteiger partial charge on any atom is 0.409 e. The number of pyridine rings is 1. The van der Waals surface area contributed by atoms with Crippen LogP contribution in [0.5, 0.6) is 0 Å². The van der Waals surface area contributed by atoms with Gasteiger partial charge < -0.3 is 28.9 Å². The SMILES string of the molecule is CCCCOC(=O)N1CCN(C(=O)[C@@](C)(NC(=O)c2cc(-c3ccccc3)cc(Cl)n2)P(=O)(OCC)OCC)CC1. The van der Waals surface area contributed by atoms with E-state index >= 15 is 0 Å². The average Bonchev–Trinajstić information content (AvgIpc) is 2.97. The molecule has 2 heterocycles. The van der Waals surface area contributed by atoms with E-state index in [-0.39, 0.29) is 50.2 Å². The van der Waals surface area contributed by atoms with E-state index in [4.69, 9.17) is 25.4 Å². The summed E-state index contributed by atoms with van der Waals surface area (Å²) >= 11 is 6.26. The number of unbranched alkanes of at least 4 members (excludes halogenated alkanes) is 1. The van der Waals surface area contributed by atoms with Crippen LogP contribution in [0.1, 0.15) is 51.0 Å². The van der Waals surface area contributed by atoms with Gasteiger partial charge in [0, 0.05) is 26.2 Å². The lowest BCUT2D eigenvalue weighted by Crippen LogP contribution is -2.61. The molecule has 2 aromatic rings. The summed E-state index contributed by atoms with van der Waals surface area (Å²) in [6.45, 7) is 7.54. The molecule has 41 heavy (non-hydrogen) atoms. The Kier molecular flexibility index (Phi) is 11.7. The topological polar surface area (TPSA) is 127 Å². The van der Waals surface area contributed by atoms with Gasteiger partial charge in [0.15, 0.2) is 0 Å². The monoisotopic (exact) mass is 608 g/mol. The van der Waals surface area contributed by atoms with E-state index in [0.717, 1.165) is 18.4 Å². The number of aromatic nitrogens is 1. The molecule has 1 aromatic heterocycles. The Morgan fingerprint density at radius 1 is 0.976 bits per heavy atom. The average molecular weight is 609 g/mol. The molecule has 0 radical (unpaired) electrons. The maximum atomic E-state index is 14.1. The highest BCUT2D eigenvalue weighted by Gasteiger charge is 2.56. The van der Waals surface area contributed by atoms with Gasteiger partial charge >= 0.3 is 13.7 Å². The lowest BCUT2D eigenvalue weighted by Gasteiger charge is -2.41. The fourth-order valence-electron chi connectivity index (χ4n) is 4.37. The third-order valence-electron chi connectivity index (χ3n) is 6.60. The Morgan fingerprint density at radius 2 is 1.59 bits per heavy atom. The largest absolute Gasteiger partial charge is 0.449 e. The zero-order valence-corrected chi connectivity index (χ0v) is 25.6. The number of hydrogen-bond acceptors (Lipinski definition) is 8. The van der Waals surface area contributed by atoms with Gasteiger partial charge in [0.25, 0.3) is 11.8 Å². The van der Waals surface area contributed by atoms with Crippen molar-refractivity contribution < 1.29 is 32.7 Å². The molecule has 0 aliphatic carbocycles. The minimum Gasteiger partial charge on any atom is -0.449 e. The predicted molar refractivity (Wildman–Crippen MR) is 156 cm³/mol. The second-order valence-electron chi connectivity index (χ2n) is 9.54. The number of ether oxygens (including phenoxy) is 1. The highest BCUT2D eigenvalue weighted by molar-refractivity contribution is 7.56. The van der Waals surface area contributed by atoms with Crippen LogP contribution >= 0.6 is 19.2 Å². The number of halogens is 1. The standard InChI is InChI=1S/C28H38ClN4O7P/c1-5-8-18-38-27(36)33-16-14-32(15-17-33)26(35)28(4,41(37,39-6-2)40-7-3)31-25(34)23-19-22(20-24(29)30-23)21-12-10-9-11-13-21/h9-13,19-20H,5-8,14-18H2,1-4H3,(H,31,34)/t28-/m0/s1. The summed E-state index contributed by atoms with van der Waals surface area (Å²) in [6, 6.07) is 12.4. The first-order valence-corrected chi connectivity index (χ1v) is 15.7. The molecule has 1 aromatic carbocycles. The van der Waals surface area contributed by atoms with E-state index < -0.39 is 30.8 Å². The van der Waals surface area contributed by atoms with Gasteiger partial charge in [0.05, 0.1) is 19.8 Å². The first-order valence-electron chi connectivity index (χ1n) is 13.7. The molecule has 1 atom stereocenters. The number of amides is 3. The number of nitrogens with zero attached hydrogens (tertiary/aromatic N) is 3. The third-order valence-corrected chi connectivity index (χ3v) is 9.39. The van der Waals surface area contributed by atoms with Crippen LogP contribution in [0, 0.1) is 0 Å². The molecule has 0 spiro atoms. The van der Waals surface area contributed by atoms with Crippen LogP contribution in [-0.2, 0) is 23.1 Å². The second kappa shape index (κ2) is 14.8. The number of benzene rings is 1. The van der Waals surface area contributed by atoms with Crippen LogP contribution < -0.4 is 5.32 Å². The molecular weight excluding hydrogens is 571 g/mol. The molecule has 1 aliphatic heterocycles. The Labute approximate surface area is 246 Å². The highest BCUT2D eigenvalue weighted by Crippen LogP contribution is 2.59. The fourth-order valence-corrected chi connectivity index (χ4v) is 6.46. The molecule has 3 amide bonds. The molecule has 224 valence electrons. The third kappa shape index (κ3) is 7.86. The van der Waals surface area contributed by atoms with Gasteiger partial charge in [-0.05, 0) is 50.5 Å². The molecular formula is C28H38ClN4O7P. The quantitative estimate of drug-likeness (QED) is 0.198. The van der Waals surface area contributed by atoms with Gasteiger partial charge in [0.2, 0.25) is 5.28 Å². The van der Waals surface area contributed by atoms with E-state index in [1.54, 1.807) is 19.9 Å². The van der Waals surface area contributed by atoms with Crippen molar-refractivity contribution in [2.75, 3.05) is 46.0 Å². The summed E-state index contributed by atoms with van der Waals surface area (Å²) in [7, 11) is -4.26. The molecule has 1 fully saturated rings. The van der Waals surface area contributed by atoms with Crippen LogP contribution in [0.2, 0.25) is 5.15 Å². The smallest absolute Gasteiger partial charge is 0.409 e. The fraction of sp³-hybridized carbons (Fsp3) is 0.500. The van der Waals surface area contributed by atoms with Crippen molar-refractivity contribution in [1.29, 1.82) is 0 Å². The molecule has 13 heteroatoms. The first-order chi connectivity index (χ1) is 19.6. The maximum absolute atomic E-state index is 14.1. The van der Waals surface area contributed by atoms with E-state index in [9.17, 15) is 18.9 Å². The van der Waals surface area contributed by atoms with Crippen molar-refractivity contribution in [3.63, 3.8) is 0 Å². The first kappa shape index (κ1) is 32.5. The summed E-state index contributed by atoms with van der Waals surface area (Å²) in [6.07, 6.45) is 1.22. The summed E-state index contributed by atoms with van der Waals surface area (Å²) in [4.78, 5) is 47.1. The van der Waals surface area contributed by atoms with Crippen LogP contribution in [0.4, 0.5) is 4.79 Å². The van der Waals surface area contributed by atoms with E-state index in [2.05, 4.69) is 10.3 Å². The second-order valence-corrected chi connectivity index (χ2v) is 12.3. The van der Waals surface area contributed by atoms with Crippen molar-refractivity contribution in [2.24, 2.45) is 0 Å². The molecule has 1 N–H and O–H groups in total. The van der Waals surface area contributed by atoms with Crippen molar-refractivity contribution in [1.82, 2.24) is 20.1 Å². The van der Waals surface area contributed by atoms with Gasteiger partial charge in [0.1, 0.15) is 10.8 Å². The summed E-state index contributed by atoms with van der Waals surface area (Å²) in [5.41, 5.74) is 1.38. The minimum atomic E-state index is -4.26.